The molecular weight excluding hydrogens is 506 g/mol. The molecule has 1 fully saturated rings. The Morgan fingerprint density at radius 3 is 2.67 bits per heavy atom. The van der Waals surface area contributed by atoms with E-state index in [1.54, 1.807) is 31.6 Å². The molecule has 0 amide bonds. The third-order valence-corrected chi connectivity index (χ3v) is 7.77. The monoisotopic (exact) mass is 532 g/mol. The lowest BCUT2D eigenvalue weighted by atomic mass is 9.98. The van der Waals surface area contributed by atoms with Crippen LogP contribution < -0.4 is 15.8 Å². The summed E-state index contributed by atoms with van der Waals surface area (Å²) in [5.74, 6) is -3.22. The van der Waals surface area contributed by atoms with Crippen molar-refractivity contribution in [2.45, 2.75) is 18.9 Å². The van der Waals surface area contributed by atoms with Gasteiger partial charge in [0.15, 0.2) is 11.6 Å². The van der Waals surface area contributed by atoms with Crippen LogP contribution in [0.1, 0.15) is 28.0 Å². The largest absolute Gasteiger partial charge is 0.477 e. The lowest BCUT2D eigenvalue weighted by Gasteiger charge is -2.27. The highest BCUT2D eigenvalue weighted by Gasteiger charge is 2.35. The highest BCUT2D eigenvalue weighted by atomic mass is 19.2. The summed E-state index contributed by atoms with van der Waals surface area (Å²) in [7, 11) is 5.62. The second kappa shape index (κ2) is 9.12. The molecule has 1 atom stereocenters. The Labute approximate surface area is 222 Å². The highest BCUT2D eigenvalue weighted by Crippen LogP contribution is 2.49. The van der Waals surface area contributed by atoms with Crippen molar-refractivity contribution in [2.75, 3.05) is 44.4 Å². The molecule has 1 aromatic carbocycles. The third-order valence-electron chi connectivity index (χ3n) is 7.77. The molecule has 9 nitrogen and oxygen atoms in total. The Hall–Kier alpha value is -4.38. The number of rotatable bonds is 5. The third kappa shape index (κ3) is 3.84. The predicted molar refractivity (Wildman–Crippen MR) is 144 cm³/mol. The van der Waals surface area contributed by atoms with Crippen LogP contribution in [0, 0.1) is 11.6 Å². The molecule has 200 valence electrons. The van der Waals surface area contributed by atoms with E-state index in [1.165, 1.54) is 10.5 Å². The second-order valence-electron chi connectivity index (χ2n) is 10.1. The first-order valence-corrected chi connectivity index (χ1v) is 12.6. The van der Waals surface area contributed by atoms with Gasteiger partial charge in [-0.2, -0.15) is 0 Å². The fourth-order valence-electron chi connectivity index (χ4n) is 5.74. The molecule has 1 saturated heterocycles. The van der Waals surface area contributed by atoms with Gasteiger partial charge in [0, 0.05) is 67.9 Å². The van der Waals surface area contributed by atoms with E-state index in [2.05, 4.69) is 20.1 Å². The van der Waals surface area contributed by atoms with E-state index in [9.17, 15) is 23.5 Å². The summed E-state index contributed by atoms with van der Waals surface area (Å²) >= 11 is 0. The lowest BCUT2D eigenvalue weighted by molar-refractivity contribution is 0.0694. The predicted octanol–water partition coefficient (Wildman–Crippen LogP) is 3.49. The molecule has 0 bridgehead atoms. The van der Waals surface area contributed by atoms with Crippen molar-refractivity contribution in [3.05, 3.63) is 75.6 Å². The number of halogens is 2. The molecular formula is C28H26F2N6O3. The smallest absolute Gasteiger partial charge is 0.342 e. The number of carboxylic acid groups (broad SMARTS) is 1. The summed E-state index contributed by atoms with van der Waals surface area (Å²) in [6.07, 6.45) is 5.59. The molecule has 11 heteroatoms. The molecule has 0 unspecified atom stereocenters. The van der Waals surface area contributed by atoms with E-state index in [4.69, 9.17) is 4.98 Å². The first kappa shape index (κ1) is 24.9. The molecule has 2 aliphatic rings. The van der Waals surface area contributed by atoms with E-state index in [0.29, 0.717) is 52.6 Å². The van der Waals surface area contributed by atoms with Crippen LogP contribution >= 0.6 is 0 Å². The normalized spacial score (nSPS) is 16.2. The number of pyridine rings is 2. The van der Waals surface area contributed by atoms with Gasteiger partial charge >= 0.3 is 5.97 Å². The lowest BCUT2D eigenvalue weighted by Crippen LogP contribution is -2.31. The number of hydrogen-bond acceptors (Lipinski definition) is 7. The topological polar surface area (TPSA) is 103 Å². The summed E-state index contributed by atoms with van der Waals surface area (Å²) in [6, 6.07) is 4.98. The summed E-state index contributed by atoms with van der Waals surface area (Å²) in [4.78, 5) is 37.7. The maximum atomic E-state index is 14.8. The Morgan fingerprint density at radius 1 is 1.18 bits per heavy atom. The standard InChI is InChI=1S/C28H26F2N6O3/c1-31-25-17-9-21-23(16(17)8-20(29)24(25)30)26(35-7-6-15(13-35)34(2)3)18(10-32-21)14-4-5-22-33-11-19(28(38)39)27(37)36(22)12-14/h4-5,8,10-12,15,31H,6-7,9,13H2,1-3H3,(H,38,39)/t15-/m1/s1. The quantitative estimate of drug-likeness (QED) is 0.355. The van der Waals surface area contributed by atoms with E-state index < -0.39 is 28.7 Å². The molecule has 1 aliphatic heterocycles. The molecule has 4 aromatic rings. The maximum absolute atomic E-state index is 14.8. The molecule has 1 aliphatic carbocycles. The number of aromatic carboxylic acids is 1. The maximum Gasteiger partial charge on any atom is 0.342 e. The Morgan fingerprint density at radius 2 is 1.97 bits per heavy atom. The average Bonchev–Trinajstić information content (AvgIpc) is 3.54. The van der Waals surface area contributed by atoms with Crippen molar-refractivity contribution in [1.82, 2.24) is 19.3 Å². The van der Waals surface area contributed by atoms with E-state index >= 15 is 0 Å². The zero-order chi connectivity index (χ0) is 27.6. The van der Waals surface area contributed by atoms with Crippen LogP contribution in [0.3, 0.4) is 0 Å². The summed E-state index contributed by atoms with van der Waals surface area (Å²) in [6.45, 7) is 1.45. The van der Waals surface area contributed by atoms with Crippen molar-refractivity contribution >= 4 is 23.0 Å². The average molecular weight is 533 g/mol. The molecule has 6 rings (SSSR count). The minimum Gasteiger partial charge on any atom is -0.477 e. The molecule has 0 spiro atoms. The highest BCUT2D eigenvalue weighted by molar-refractivity contribution is 5.96. The first-order chi connectivity index (χ1) is 18.7. The van der Waals surface area contributed by atoms with Crippen molar-refractivity contribution in [1.29, 1.82) is 0 Å². The molecule has 2 N–H and O–H groups in total. The number of fused-ring (bicyclic) bond motifs is 4. The van der Waals surface area contributed by atoms with Crippen molar-refractivity contribution in [3.63, 3.8) is 0 Å². The van der Waals surface area contributed by atoms with E-state index in [0.717, 1.165) is 30.4 Å². The zero-order valence-corrected chi connectivity index (χ0v) is 21.6. The number of likely N-dealkylation sites (N-methyl/N-ethyl adjacent to an activating group) is 1. The van der Waals surface area contributed by atoms with Gasteiger partial charge in [-0.25, -0.2) is 18.6 Å². The Balaban J connectivity index is 1.62. The van der Waals surface area contributed by atoms with Crippen molar-refractivity contribution in [2.24, 2.45) is 0 Å². The molecule has 39 heavy (non-hydrogen) atoms. The Bertz CT molecular complexity index is 1740. The number of benzene rings is 1. The summed E-state index contributed by atoms with van der Waals surface area (Å²) in [5.41, 5.74) is 4.12. The summed E-state index contributed by atoms with van der Waals surface area (Å²) < 4.78 is 30.7. The van der Waals surface area contributed by atoms with Gasteiger partial charge in [0.25, 0.3) is 5.56 Å². The molecule has 0 saturated carbocycles. The van der Waals surface area contributed by atoms with Crippen LogP contribution in [0.25, 0.3) is 27.9 Å². The zero-order valence-electron chi connectivity index (χ0n) is 21.6. The fraction of sp³-hybridized carbons (Fsp3) is 0.286. The first-order valence-electron chi connectivity index (χ1n) is 12.6. The van der Waals surface area contributed by atoms with Gasteiger partial charge in [0.1, 0.15) is 11.2 Å². The van der Waals surface area contributed by atoms with Gasteiger partial charge in [-0.1, -0.05) is 0 Å². The minimum atomic E-state index is -1.36. The SMILES string of the molecule is CNc1c(F)c(F)cc2c1Cc1ncc(-c3ccc4ncc(C(=O)O)c(=O)n4c3)c(N3CC[C@@H](N(C)C)C3)c1-2. The number of carbonyl (C=O) groups is 1. The van der Waals surface area contributed by atoms with Crippen LogP contribution in [0.5, 0.6) is 0 Å². The van der Waals surface area contributed by atoms with E-state index in [-0.39, 0.29) is 5.69 Å². The van der Waals surface area contributed by atoms with Gasteiger partial charge in [-0.3, -0.25) is 14.2 Å². The Kier molecular flexibility index (Phi) is 5.83. The van der Waals surface area contributed by atoms with Crippen LogP contribution in [-0.2, 0) is 6.42 Å². The molecule has 0 radical (unpaired) electrons. The number of carboxylic acids is 1. The molecule has 3 aromatic heterocycles. The van der Waals surface area contributed by atoms with Crippen LogP contribution in [0.15, 0.2) is 41.6 Å². The van der Waals surface area contributed by atoms with Gasteiger partial charge in [-0.15, -0.1) is 0 Å². The number of aromatic nitrogens is 3. The van der Waals surface area contributed by atoms with Crippen molar-refractivity contribution < 1.29 is 18.7 Å². The number of hydrogen-bond donors (Lipinski definition) is 2. The fourth-order valence-corrected chi connectivity index (χ4v) is 5.74. The molecule has 4 heterocycles. The van der Waals surface area contributed by atoms with Gasteiger partial charge in [0.05, 0.1) is 17.1 Å². The van der Waals surface area contributed by atoms with Gasteiger partial charge < -0.3 is 20.2 Å². The van der Waals surface area contributed by atoms with E-state index in [1.807, 2.05) is 14.1 Å². The van der Waals surface area contributed by atoms with Crippen LogP contribution in [0.4, 0.5) is 20.2 Å². The summed E-state index contributed by atoms with van der Waals surface area (Å²) in [5, 5.41) is 12.2. The number of nitrogens with zero attached hydrogens (tertiary/aromatic N) is 5. The van der Waals surface area contributed by atoms with Gasteiger partial charge in [-0.05, 0) is 49.8 Å². The van der Waals surface area contributed by atoms with Crippen molar-refractivity contribution in [3.8, 4) is 22.3 Å². The minimum absolute atomic E-state index is 0.118. The van der Waals surface area contributed by atoms with Gasteiger partial charge in [0.2, 0.25) is 0 Å². The second-order valence-corrected chi connectivity index (χ2v) is 10.1. The number of nitrogens with one attached hydrogen (secondary N) is 1. The number of anilines is 2. The van der Waals surface area contributed by atoms with Crippen LogP contribution in [-0.4, -0.2) is 70.6 Å². The van der Waals surface area contributed by atoms with Crippen LogP contribution in [0.2, 0.25) is 0 Å².